The maximum absolute atomic E-state index is 12.5. The average Bonchev–Trinajstić information content (AvgIpc) is 3.63. The molecule has 40 heavy (non-hydrogen) atoms. The Balaban J connectivity index is 0.997. The first kappa shape index (κ1) is 28.1. The normalized spacial score (nSPS) is 11.8. The van der Waals surface area contributed by atoms with Crippen LogP contribution < -0.4 is 11.1 Å². The molecule has 0 saturated heterocycles. The van der Waals surface area contributed by atoms with Gasteiger partial charge in [0.15, 0.2) is 5.17 Å². The number of thiophene rings is 2. The summed E-state index contributed by atoms with van der Waals surface area (Å²) in [6.45, 7) is 0. The number of aryl methyl sites for hydroxylation is 1. The number of nitrogens with zero attached hydrogens (tertiary/aromatic N) is 3. The quantitative estimate of drug-likeness (QED) is 0.0925. The number of carbonyl (C=O) groups excluding carboxylic acids is 2. The Morgan fingerprint density at radius 2 is 1.55 bits per heavy atom. The number of aliphatic imine (C=N–C) groups is 1. The van der Waals surface area contributed by atoms with Crippen LogP contribution in [0.2, 0.25) is 0 Å². The fourth-order valence-electron chi connectivity index (χ4n) is 4.05. The van der Waals surface area contributed by atoms with Crippen molar-refractivity contribution in [1.82, 2.24) is 10.2 Å². The number of thioether (sulfide) groups is 1. The van der Waals surface area contributed by atoms with Gasteiger partial charge in [-0.3, -0.25) is 15.0 Å². The van der Waals surface area contributed by atoms with Gasteiger partial charge in [-0.2, -0.15) is 4.99 Å². The molecule has 12 heteroatoms. The monoisotopic (exact) mass is 606 g/mol. The number of amidine groups is 1. The van der Waals surface area contributed by atoms with Crippen molar-refractivity contribution in [1.29, 1.82) is 5.41 Å². The minimum absolute atomic E-state index is 0.0938. The number of aromatic nitrogens is 2. The molecule has 3 aromatic heterocycles. The second kappa shape index (κ2) is 13.3. The fourth-order valence-corrected chi connectivity index (χ4v) is 7.61. The molecule has 5 rings (SSSR count). The number of hydrogen-bond acceptors (Lipinski definition) is 9. The summed E-state index contributed by atoms with van der Waals surface area (Å²) in [7, 11) is 0. The van der Waals surface area contributed by atoms with E-state index < -0.39 is 0 Å². The van der Waals surface area contributed by atoms with E-state index in [1.807, 2.05) is 54.6 Å². The van der Waals surface area contributed by atoms with Gasteiger partial charge < -0.3 is 11.1 Å². The number of hydrogen-bond donors (Lipinski definition) is 3. The van der Waals surface area contributed by atoms with Gasteiger partial charge in [0.25, 0.3) is 5.91 Å². The molecule has 0 spiro atoms. The summed E-state index contributed by atoms with van der Waals surface area (Å²) < 4.78 is 2.30. The number of fused-ring (bicyclic) bond motifs is 2. The van der Waals surface area contributed by atoms with Crippen LogP contribution in [0.15, 0.2) is 65.7 Å². The van der Waals surface area contributed by atoms with E-state index in [-0.39, 0.29) is 23.4 Å². The Hall–Kier alpha value is -3.45. The van der Waals surface area contributed by atoms with E-state index in [4.69, 9.17) is 11.1 Å². The third kappa shape index (κ3) is 7.81. The number of anilines is 1. The molecule has 0 aliphatic rings. The summed E-state index contributed by atoms with van der Waals surface area (Å²) in [5.74, 6) is -0.423. The molecule has 8 nitrogen and oxygen atoms in total. The lowest BCUT2D eigenvalue weighted by Crippen LogP contribution is -2.13. The van der Waals surface area contributed by atoms with E-state index in [9.17, 15) is 9.59 Å². The summed E-state index contributed by atoms with van der Waals surface area (Å²) in [6.07, 6.45) is 3.32. The van der Waals surface area contributed by atoms with Crippen molar-refractivity contribution in [3.05, 3.63) is 75.4 Å². The largest absolute Gasteiger partial charge is 0.378 e. The highest BCUT2D eigenvalue weighted by atomic mass is 32.2. The predicted octanol–water partition coefficient (Wildman–Crippen LogP) is 6.66. The topological polar surface area (TPSA) is 134 Å². The van der Waals surface area contributed by atoms with Crippen molar-refractivity contribution < 1.29 is 9.59 Å². The molecule has 4 N–H and O–H groups in total. The number of benzene rings is 2. The van der Waals surface area contributed by atoms with E-state index in [2.05, 4.69) is 26.6 Å². The SMILES string of the molecule is N=C(CCCCc1nnc(NC(=O)Cc2cc3ccccc3s2)s1)SC(N)=NC(=O)Cc1cc2ccccc2s1. The van der Waals surface area contributed by atoms with Gasteiger partial charge >= 0.3 is 0 Å². The summed E-state index contributed by atoms with van der Waals surface area (Å²) in [4.78, 5) is 30.7. The molecule has 0 atom stereocenters. The molecule has 3 heterocycles. The molecule has 5 aromatic rings. The first-order valence-electron chi connectivity index (χ1n) is 12.6. The zero-order valence-electron chi connectivity index (χ0n) is 21.4. The van der Waals surface area contributed by atoms with E-state index in [0.29, 0.717) is 29.4 Å². The molecule has 2 amide bonds. The first-order valence-corrected chi connectivity index (χ1v) is 15.9. The lowest BCUT2D eigenvalue weighted by Gasteiger charge is -2.02. The number of nitrogens with two attached hydrogens (primary N) is 1. The Morgan fingerprint density at radius 1 is 0.900 bits per heavy atom. The van der Waals surface area contributed by atoms with Crippen molar-refractivity contribution in [2.75, 3.05) is 5.32 Å². The lowest BCUT2D eigenvalue weighted by molar-refractivity contribution is -0.117. The number of amides is 2. The van der Waals surface area contributed by atoms with Crippen LogP contribution in [0.1, 0.15) is 34.0 Å². The van der Waals surface area contributed by atoms with Crippen LogP contribution in [0.5, 0.6) is 0 Å². The van der Waals surface area contributed by atoms with Crippen molar-refractivity contribution >= 4 is 93.1 Å². The van der Waals surface area contributed by atoms with Crippen molar-refractivity contribution in [3.63, 3.8) is 0 Å². The molecule has 0 fully saturated rings. The van der Waals surface area contributed by atoms with Crippen molar-refractivity contribution in [3.8, 4) is 0 Å². The van der Waals surface area contributed by atoms with Gasteiger partial charge in [-0.05, 0) is 66.1 Å². The van der Waals surface area contributed by atoms with Crippen LogP contribution in [-0.2, 0) is 28.9 Å². The zero-order valence-corrected chi connectivity index (χ0v) is 24.7. The van der Waals surface area contributed by atoms with Crippen molar-refractivity contribution in [2.45, 2.75) is 38.5 Å². The standard InChI is InChI=1S/C28H26N6O2S4/c29-23(39-27(30)31-24(35)15-19-13-17-7-1-3-9-21(17)37-19)11-5-6-12-26-33-34-28(40-26)32-25(36)16-20-14-18-8-2-4-10-22(18)38-20/h1-4,7-10,13-14,29H,5-6,11-12,15-16H2,(H2,30,31,35)(H,32,34,36). The van der Waals surface area contributed by atoms with E-state index in [1.54, 1.807) is 22.7 Å². The highest BCUT2D eigenvalue weighted by Crippen LogP contribution is 2.27. The number of carbonyl (C=O) groups is 2. The second-order valence-electron chi connectivity index (χ2n) is 8.98. The molecule has 204 valence electrons. The Morgan fingerprint density at radius 3 is 2.23 bits per heavy atom. The van der Waals surface area contributed by atoms with Crippen LogP contribution in [0.25, 0.3) is 20.2 Å². The predicted molar refractivity (Wildman–Crippen MR) is 169 cm³/mol. The van der Waals surface area contributed by atoms with Gasteiger partial charge in [-0.25, -0.2) is 0 Å². The number of rotatable bonds is 10. The maximum Gasteiger partial charge on any atom is 0.253 e. The fraction of sp³-hybridized carbons (Fsp3) is 0.214. The lowest BCUT2D eigenvalue weighted by atomic mass is 10.2. The average molecular weight is 607 g/mol. The summed E-state index contributed by atoms with van der Waals surface area (Å²) in [6, 6.07) is 20.1. The molecule has 0 radical (unpaired) electrons. The molecule has 0 unspecified atom stereocenters. The van der Waals surface area contributed by atoms with Gasteiger partial charge in [-0.1, -0.05) is 47.7 Å². The molecule has 0 aliphatic heterocycles. The molecule has 0 bridgehead atoms. The number of nitrogens with one attached hydrogen (secondary N) is 2. The second-order valence-corrected chi connectivity index (χ2v) is 13.5. The van der Waals surface area contributed by atoms with E-state index in [0.717, 1.165) is 54.8 Å². The summed E-state index contributed by atoms with van der Waals surface area (Å²) in [5.41, 5.74) is 5.91. The van der Waals surface area contributed by atoms with Crippen LogP contribution in [0, 0.1) is 5.41 Å². The van der Waals surface area contributed by atoms with Crippen LogP contribution in [0.3, 0.4) is 0 Å². The van der Waals surface area contributed by atoms with Gasteiger partial charge in [0.1, 0.15) is 5.01 Å². The third-order valence-electron chi connectivity index (χ3n) is 5.83. The summed E-state index contributed by atoms with van der Waals surface area (Å²) in [5, 5.41) is 23.3. The molecular weight excluding hydrogens is 581 g/mol. The molecule has 0 saturated carbocycles. The zero-order chi connectivity index (χ0) is 27.9. The minimum atomic E-state index is -0.313. The van der Waals surface area contributed by atoms with E-state index in [1.165, 1.54) is 16.0 Å². The van der Waals surface area contributed by atoms with Crippen molar-refractivity contribution in [2.24, 2.45) is 10.7 Å². The molecule has 0 aliphatic carbocycles. The smallest absolute Gasteiger partial charge is 0.253 e. The Bertz CT molecular complexity index is 1640. The highest BCUT2D eigenvalue weighted by molar-refractivity contribution is 8.26. The molecule has 2 aromatic carbocycles. The third-order valence-corrected chi connectivity index (χ3v) is 9.72. The first-order chi connectivity index (χ1) is 19.4. The number of unbranched alkanes of at least 4 members (excludes halogenated alkanes) is 1. The van der Waals surface area contributed by atoms with Gasteiger partial charge in [-0.15, -0.1) is 32.9 Å². The van der Waals surface area contributed by atoms with Gasteiger partial charge in [0.05, 0.1) is 17.9 Å². The maximum atomic E-state index is 12.5. The van der Waals surface area contributed by atoms with Gasteiger partial charge in [0.2, 0.25) is 11.0 Å². The Kier molecular flexibility index (Phi) is 9.32. The highest BCUT2D eigenvalue weighted by Gasteiger charge is 2.12. The van der Waals surface area contributed by atoms with Crippen LogP contribution in [-0.4, -0.2) is 32.2 Å². The van der Waals surface area contributed by atoms with Gasteiger partial charge in [0, 0.05) is 25.6 Å². The van der Waals surface area contributed by atoms with E-state index >= 15 is 0 Å². The molecular formula is C28H26N6O2S4. The van der Waals surface area contributed by atoms with Crippen LogP contribution >= 0.6 is 45.8 Å². The minimum Gasteiger partial charge on any atom is -0.378 e. The summed E-state index contributed by atoms with van der Waals surface area (Å²) >= 11 is 5.59. The Labute approximate surface area is 247 Å². The van der Waals surface area contributed by atoms with Crippen LogP contribution in [0.4, 0.5) is 5.13 Å².